The van der Waals surface area contributed by atoms with Crippen LogP contribution in [0, 0.1) is 11.8 Å². The van der Waals surface area contributed by atoms with Gasteiger partial charge in [-0.15, -0.1) is 0 Å². The minimum Gasteiger partial charge on any atom is -0.333 e. The molecule has 2 unspecified atom stereocenters. The fourth-order valence-corrected chi connectivity index (χ4v) is 2.90. The molecule has 1 aromatic rings. The zero-order valence-corrected chi connectivity index (χ0v) is 12.2. The number of carbonyl (C=O) groups excluding carboxylic acids is 1. The Balaban J connectivity index is 2.33. The van der Waals surface area contributed by atoms with E-state index in [2.05, 4.69) is 25.7 Å². The van der Waals surface area contributed by atoms with Crippen molar-refractivity contribution in [3.63, 3.8) is 0 Å². The Morgan fingerprint density at radius 3 is 2.85 bits per heavy atom. The third-order valence-corrected chi connectivity index (χ3v) is 3.97. The van der Waals surface area contributed by atoms with Crippen molar-refractivity contribution < 1.29 is 4.79 Å². The van der Waals surface area contributed by atoms with Gasteiger partial charge in [-0.05, 0) is 38.3 Å². The molecular formula is C17H22N2O. The molecule has 2 rings (SSSR count). The van der Waals surface area contributed by atoms with Gasteiger partial charge >= 0.3 is 0 Å². The van der Waals surface area contributed by atoms with Gasteiger partial charge in [-0.25, -0.2) is 0 Å². The number of amides is 1. The molecule has 2 N–H and O–H groups in total. The van der Waals surface area contributed by atoms with Crippen LogP contribution in [0.25, 0.3) is 0 Å². The summed E-state index contributed by atoms with van der Waals surface area (Å²) in [5.41, 5.74) is 6.89. The van der Waals surface area contributed by atoms with Gasteiger partial charge < -0.3 is 10.6 Å². The quantitative estimate of drug-likeness (QED) is 0.839. The minimum absolute atomic E-state index is 0.101. The van der Waals surface area contributed by atoms with Gasteiger partial charge in [0.2, 0.25) is 0 Å². The molecule has 0 radical (unpaired) electrons. The van der Waals surface area contributed by atoms with Crippen LogP contribution >= 0.6 is 0 Å². The van der Waals surface area contributed by atoms with Crippen molar-refractivity contribution in [2.24, 2.45) is 5.73 Å². The van der Waals surface area contributed by atoms with Gasteiger partial charge in [0.1, 0.15) is 0 Å². The first kappa shape index (κ1) is 14.6. The van der Waals surface area contributed by atoms with Crippen molar-refractivity contribution in [2.45, 2.75) is 45.2 Å². The van der Waals surface area contributed by atoms with E-state index < -0.39 is 0 Å². The molecule has 0 bridgehead atoms. The fraction of sp³-hybridized carbons (Fsp3) is 0.471. The molecule has 1 heterocycles. The molecule has 3 heteroatoms. The third-order valence-electron chi connectivity index (χ3n) is 3.97. The maximum Gasteiger partial charge on any atom is 0.255 e. The summed E-state index contributed by atoms with van der Waals surface area (Å²) >= 11 is 0. The van der Waals surface area contributed by atoms with Crippen LogP contribution < -0.4 is 5.73 Å². The molecule has 1 saturated heterocycles. The van der Waals surface area contributed by atoms with Crippen LogP contribution in [-0.4, -0.2) is 29.4 Å². The first-order chi connectivity index (χ1) is 9.69. The summed E-state index contributed by atoms with van der Waals surface area (Å²) in [5.74, 6) is 5.94. The second-order valence-corrected chi connectivity index (χ2v) is 5.25. The summed E-state index contributed by atoms with van der Waals surface area (Å²) in [5, 5.41) is 0. The molecule has 1 amide bonds. The molecule has 0 saturated carbocycles. The molecule has 1 aromatic carbocycles. The summed E-state index contributed by atoms with van der Waals surface area (Å²) in [6.45, 7) is 4.57. The van der Waals surface area contributed by atoms with Crippen molar-refractivity contribution in [1.82, 2.24) is 4.90 Å². The monoisotopic (exact) mass is 270 g/mol. The van der Waals surface area contributed by atoms with E-state index in [-0.39, 0.29) is 5.91 Å². The first-order valence-electron chi connectivity index (χ1n) is 7.29. The fourth-order valence-electron chi connectivity index (χ4n) is 2.90. The molecule has 1 aliphatic rings. The third kappa shape index (κ3) is 2.86. The minimum atomic E-state index is 0.101. The van der Waals surface area contributed by atoms with E-state index in [1.165, 1.54) is 0 Å². The summed E-state index contributed by atoms with van der Waals surface area (Å²) < 4.78 is 0. The highest BCUT2D eigenvalue weighted by atomic mass is 16.2. The number of carbonyl (C=O) groups is 1. The Labute approximate surface area is 121 Å². The van der Waals surface area contributed by atoms with E-state index in [0.717, 1.165) is 24.8 Å². The van der Waals surface area contributed by atoms with Crippen molar-refractivity contribution >= 4 is 5.91 Å². The summed E-state index contributed by atoms with van der Waals surface area (Å²) in [6, 6.07) is 8.21. The molecule has 106 valence electrons. The van der Waals surface area contributed by atoms with Gasteiger partial charge in [-0.2, -0.15) is 0 Å². The zero-order valence-electron chi connectivity index (χ0n) is 12.2. The second-order valence-electron chi connectivity index (χ2n) is 5.25. The zero-order chi connectivity index (χ0) is 14.5. The van der Waals surface area contributed by atoms with E-state index in [1.807, 2.05) is 29.2 Å². The van der Waals surface area contributed by atoms with Gasteiger partial charge in [-0.1, -0.05) is 30.9 Å². The van der Waals surface area contributed by atoms with Crippen molar-refractivity contribution in [1.29, 1.82) is 0 Å². The van der Waals surface area contributed by atoms with Crippen molar-refractivity contribution in [3.05, 3.63) is 35.4 Å². The lowest BCUT2D eigenvalue weighted by Crippen LogP contribution is -2.40. The van der Waals surface area contributed by atoms with Crippen LogP contribution in [0.5, 0.6) is 0 Å². The topological polar surface area (TPSA) is 46.3 Å². The van der Waals surface area contributed by atoms with Gasteiger partial charge in [0, 0.05) is 17.6 Å². The number of nitrogens with zero attached hydrogens (tertiary/aromatic N) is 1. The van der Waals surface area contributed by atoms with E-state index >= 15 is 0 Å². The molecule has 0 aliphatic carbocycles. The number of hydrogen-bond donors (Lipinski definition) is 1. The maximum atomic E-state index is 12.8. The average molecular weight is 270 g/mol. The highest BCUT2D eigenvalue weighted by Gasteiger charge is 2.34. The standard InChI is InChI=1S/C17H22N2O/c1-3-15-11-10-13(2)19(15)17(20)16-9-5-4-7-14(16)8-6-12-18/h4-5,7,9,13,15H,3,10-12,18H2,1-2H3. The summed E-state index contributed by atoms with van der Waals surface area (Å²) in [6.07, 6.45) is 3.19. The lowest BCUT2D eigenvalue weighted by molar-refractivity contribution is 0.0676. The van der Waals surface area contributed by atoms with Crippen molar-refractivity contribution in [3.8, 4) is 11.8 Å². The van der Waals surface area contributed by atoms with Crippen LogP contribution in [0.2, 0.25) is 0 Å². The van der Waals surface area contributed by atoms with Crippen molar-refractivity contribution in [2.75, 3.05) is 6.54 Å². The Bertz CT molecular complexity index is 541. The molecule has 3 nitrogen and oxygen atoms in total. The predicted molar refractivity (Wildman–Crippen MR) is 81.3 cm³/mol. The highest BCUT2D eigenvalue weighted by molar-refractivity contribution is 5.97. The van der Waals surface area contributed by atoms with E-state index in [4.69, 9.17) is 5.73 Å². The highest BCUT2D eigenvalue weighted by Crippen LogP contribution is 2.28. The molecule has 1 aliphatic heterocycles. The lowest BCUT2D eigenvalue weighted by Gasteiger charge is -2.28. The van der Waals surface area contributed by atoms with Crippen LogP contribution in [0.4, 0.5) is 0 Å². The molecule has 0 spiro atoms. The van der Waals surface area contributed by atoms with Crippen LogP contribution in [0.1, 0.15) is 49.0 Å². The smallest absolute Gasteiger partial charge is 0.255 e. The Morgan fingerprint density at radius 1 is 1.40 bits per heavy atom. The maximum absolute atomic E-state index is 12.8. The first-order valence-corrected chi connectivity index (χ1v) is 7.29. The van der Waals surface area contributed by atoms with E-state index in [1.54, 1.807) is 0 Å². The molecule has 1 fully saturated rings. The second kappa shape index (κ2) is 6.58. The van der Waals surface area contributed by atoms with Crippen LogP contribution in [-0.2, 0) is 0 Å². The molecular weight excluding hydrogens is 248 g/mol. The largest absolute Gasteiger partial charge is 0.333 e. The van der Waals surface area contributed by atoms with Gasteiger partial charge in [0.25, 0.3) is 5.91 Å². The van der Waals surface area contributed by atoms with Gasteiger partial charge in [-0.3, -0.25) is 4.79 Å². The Morgan fingerprint density at radius 2 is 2.15 bits per heavy atom. The van der Waals surface area contributed by atoms with Crippen LogP contribution in [0.15, 0.2) is 24.3 Å². The van der Waals surface area contributed by atoms with Gasteiger partial charge in [0.05, 0.1) is 12.1 Å². The lowest BCUT2D eigenvalue weighted by atomic mass is 10.1. The molecule has 2 atom stereocenters. The normalized spacial score (nSPS) is 21.4. The van der Waals surface area contributed by atoms with E-state index in [0.29, 0.717) is 24.2 Å². The Hall–Kier alpha value is -1.79. The molecule has 20 heavy (non-hydrogen) atoms. The van der Waals surface area contributed by atoms with Crippen LogP contribution in [0.3, 0.4) is 0 Å². The predicted octanol–water partition coefficient (Wildman–Crippen LogP) is 2.40. The van der Waals surface area contributed by atoms with Gasteiger partial charge in [0.15, 0.2) is 0 Å². The average Bonchev–Trinajstić information content (AvgIpc) is 2.85. The Kier molecular flexibility index (Phi) is 4.81. The van der Waals surface area contributed by atoms with E-state index in [9.17, 15) is 4.79 Å². The molecule has 0 aromatic heterocycles. The summed E-state index contributed by atoms with van der Waals surface area (Å²) in [7, 11) is 0. The number of nitrogens with two attached hydrogens (primary N) is 1. The number of hydrogen-bond acceptors (Lipinski definition) is 2. The SMILES string of the molecule is CCC1CCC(C)N1C(=O)c1ccccc1C#CCN. The number of rotatable bonds is 2. The summed E-state index contributed by atoms with van der Waals surface area (Å²) in [4.78, 5) is 14.9. The number of likely N-dealkylation sites (tertiary alicyclic amines) is 1. The number of benzene rings is 1.